The van der Waals surface area contributed by atoms with Gasteiger partial charge in [-0.15, -0.1) is 0 Å². The molecule has 1 saturated heterocycles. The topological polar surface area (TPSA) is 83.5 Å². The molecule has 4 atom stereocenters. The first-order chi connectivity index (χ1) is 17.8. The van der Waals surface area contributed by atoms with Crippen molar-refractivity contribution in [3.63, 3.8) is 0 Å². The largest absolute Gasteiger partial charge is 0.433 e. The standard InChI is InChI=1S/C27H24F3N5O2/c28-27(29,30)23-14-33-24-3-1-2-19(35(23)24)16-37-11-9-25(36)34-15-22-20(21-8-10-26(21,22)34)7-6-18-5-4-17(12-31)13-32-18/h1-7,13-14,20-22H,8-11,15-16H2/b7-6+. The molecule has 10 heteroatoms. The summed E-state index contributed by atoms with van der Waals surface area (Å²) in [5.41, 5.74) is 1.00. The second-order valence-electron chi connectivity index (χ2n) is 9.92. The quantitative estimate of drug-likeness (QED) is 0.441. The fourth-order valence-corrected chi connectivity index (χ4v) is 6.43. The van der Waals surface area contributed by atoms with Crippen LogP contribution < -0.4 is 0 Å². The monoisotopic (exact) mass is 507 g/mol. The first-order valence-electron chi connectivity index (χ1n) is 12.3. The summed E-state index contributed by atoms with van der Waals surface area (Å²) < 4.78 is 46.7. The minimum atomic E-state index is -4.52. The summed E-state index contributed by atoms with van der Waals surface area (Å²) in [7, 11) is 0. The Kier molecular flexibility index (Phi) is 5.57. The van der Waals surface area contributed by atoms with Crippen LogP contribution >= 0.6 is 0 Å². The van der Waals surface area contributed by atoms with Gasteiger partial charge in [-0.25, -0.2) is 4.98 Å². The molecule has 2 aliphatic carbocycles. The number of allylic oxidation sites excluding steroid dienone is 1. The van der Waals surface area contributed by atoms with E-state index in [0.29, 0.717) is 35.6 Å². The van der Waals surface area contributed by atoms with E-state index in [0.717, 1.165) is 29.1 Å². The number of halogens is 3. The van der Waals surface area contributed by atoms with Gasteiger partial charge in [0.15, 0.2) is 0 Å². The zero-order valence-corrected chi connectivity index (χ0v) is 19.9. The van der Waals surface area contributed by atoms with E-state index in [4.69, 9.17) is 10.00 Å². The molecule has 190 valence electrons. The van der Waals surface area contributed by atoms with Gasteiger partial charge in [0, 0.05) is 18.7 Å². The number of nitrogens with zero attached hydrogens (tertiary/aromatic N) is 5. The van der Waals surface area contributed by atoms with Gasteiger partial charge in [-0.05, 0) is 55.0 Å². The summed E-state index contributed by atoms with van der Waals surface area (Å²) in [6.07, 6.45) is 4.34. The lowest BCUT2D eigenvalue weighted by Gasteiger charge is -2.79. The van der Waals surface area contributed by atoms with Crippen LogP contribution in [0.25, 0.3) is 11.7 Å². The van der Waals surface area contributed by atoms with Crippen molar-refractivity contribution >= 4 is 17.6 Å². The van der Waals surface area contributed by atoms with Gasteiger partial charge in [-0.1, -0.05) is 12.1 Å². The number of hydrogen-bond donors (Lipinski definition) is 0. The van der Waals surface area contributed by atoms with Gasteiger partial charge in [-0.3, -0.25) is 14.2 Å². The minimum Gasteiger partial charge on any atom is -0.375 e. The molecule has 37 heavy (non-hydrogen) atoms. The fourth-order valence-electron chi connectivity index (χ4n) is 6.43. The summed E-state index contributed by atoms with van der Waals surface area (Å²) in [4.78, 5) is 23.1. The van der Waals surface area contributed by atoms with Crippen LogP contribution in [0.2, 0.25) is 0 Å². The molecule has 3 aromatic heterocycles. The third-order valence-electron chi connectivity index (χ3n) is 8.27. The molecular weight excluding hydrogens is 483 g/mol. The number of amides is 1. The van der Waals surface area contributed by atoms with E-state index in [9.17, 15) is 18.0 Å². The SMILES string of the molecule is N#Cc1ccc(/C=C/C2C3CCC34C2CN4C(=O)CCOCc2cccc3ncc(C(F)(F)F)n23)nc1. The highest BCUT2D eigenvalue weighted by Gasteiger charge is 2.75. The van der Waals surface area contributed by atoms with Gasteiger partial charge in [0.2, 0.25) is 5.91 Å². The second kappa shape index (κ2) is 8.70. The lowest BCUT2D eigenvalue weighted by atomic mass is 9.37. The van der Waals surface area contributed by atoms with Crippen LogP contribution in [-0.4, -0.2) is 43.9 Å². The Morgan fingerprint density at radius 3 is 2.76 bits per heavy atom. The van der Waals surface area contributed by atoms with E-state index >= 15 is 0 Å². The van der Waals surface area contributed by atoms with Crippen molar-refractivity contribution in [1.82, 2.24) is 19.3 Å². The molecule has 7 nitrogen and oxygen atoms in total. The van der Waals surface area contributed by atoms with E-state index in [-0.39, 0.29) is 36.7 Å². The average molecular weight is 508 g/mol. The zero-order valence-electron chi connectivity index (χ0n) is 19.9. The number of pyridine rings is 2. The van der Waals surface area contributed by atoms with Crippen molar-refractivity contribution in [3.05, 3.63) is 71.4 Å². The summed E-state index contributed by atoms with van der Waals surface area (Å²) in [5.74, 6) is 1.36. The van der Waals surface area contributed by atoms with E-state index < -0.39 is 11.9 Å². The van der Waals surface area contributed by atoms with Crippen LogP contribution in [-0.2, 0) is 22.3 Å². The zero-order chi connectivity index (χ0) is 25.8. The Hall–Kier alpha value is -3.71. The summed E-state index contributed by atoms with van der Waals surface area (Å²) >= 11 is 0. The first kappa shape index (κ1) is 23.7. The molecule has 3 fully saturated rings. The smallest absolute Gasteiger partial charge is 0.375 e. The number of fused-ring (bicyclic) bond motifs is 1. The van der Waals surface area contributed by atoms with Crippen molar-refractivity contribution < 1.29 is 22.7 Å². The highest BCUT2D eigenvalue weighted by molar-refractivity contribution is 5.79. The van der Waals surface area contributed by atoms with Crippen LogP contribution in [0.3, 0.4) is 0 Å². The van der Waals surface area contributed by atoms with Gasteiger partial charge in [0.1, 0.15) is 17.4 Å². The highest BCUT2D eigenvalue weighted by atomic mass is 19.4. The van der Waals surface area contributed by atoms with Gasteiger partial charge in [-0.2, -0.15) is 18.4 Å². The number of carbonyl (C=O) groups is 1. The number of likely N-dealkylation sites (tertiary alicyclic amines) is 1. The number of alkyl halides is 3. The summed E-state index contributed by atoms with van der Waals surface area (Å²) in [5, 5.41) is 8.90. The lowest BCUT2D eigenvalue weighted by Crippen LogP contribution is -2.86. The maximum absolute atomic E-state index is 13.3. The molecule has 0 N–H and O–H groups in total. The molecule has 0 bridgehead atoms. The fraction of sp³-hybridized carbons (Fsp3) is 0.407. The molecule has 3 aromatic rings. The van der Waals surface area contributed by atoms with Gasteiger partial charge in [0.05, 0.1) is 48.3 Å². The molecule has 1 aliphatic heterocycles. The number of nitriles is 1. The summed E-state index contributed by atoms with van der Waals surface area (Å²) in [6.45, 7) is 0.812. The number of hydrogen-bond acceptors (Lipinski definition) is 5. The van der Waals surface area contributed by atoms with Crippen molar-refractivity contribution in [3.8, 4) is 6.07 Å². The molecule has 6 rings (SSSR count). The molecule has 1 amide bonds. The Morgan fingerprint density at radius 2 is 2.08 bits per heavy atom. The normalized spacial score (nSPS) is 26.1. The van der Waals surface area contributed by atoms with Gasteiger partial charge < -0.3 is 9.64 Å². The third-order valence-corrected chi connectivity index (χ3v) is 8.27. The van der Waals surface area contributed by atoms with Gasteiger partial charge >= 0.3 is 6.18 Å². The molecule has 0 aromatic carbocycles. The maximum Gasteiger partial charge on any atom is 0.433 e. The lowest BCUT2D eigenvalue weighted by molar-refractivity contribution is -0.275. The Bertz CT molecular complexity index is 1420. The number of carbonyl (C=O) groups excluding carboxylic acids is 1. The van der Waals surface area contributed by atoms with Crippen molar-refractivity contribution in [2.24, 2.45) is 17.8 Å². The third kappa shape index (κ3) is 3.72. The maximum atomic E-state index is 13.3. The van der Waals surface area contributed by atoms with E-state index in [1.165, 1.54) is 6.07 Å². The number of aromatic nitrogens is 3. The molecule has 1 spiro atoms. The van der Waals surface area contributed by atoms with Crippen LogP contribution in [0.1, 0.15) is 41.9 Å². The Morgan fingerprint density at radius 1 is 1.22 bits per heavy atom. The van der Waals surface area contributed by atoms with Crippen LogP contribution in [0.15, 0.2) is 48.8 Å². The van der Waals surface area contributed by atoms with Crippen molar-refractivity contribution in [1.29, 1.82) is 5.26 Å². The highest BCUT2D eigenvalue weighted by Crippen LogP contribution is 2.70. The number of rotatable bonds is 7. The second-order valence-corrected chi connectivity index (χ2v) is 9.92. The molecule has 4 heterocycles. The van der Waals surface area contributed by atoms with Crippen LogP contribution in [0.4, 0.5) is 13.2 Å². The predicted octanol–water partition coefficient (Wildman–Crippen LogP) is 4.48. The predicted molar refractivity (Wildman–Crippen MR) is 127 cm³/mol. The van der Waals surface area contributed by atoms with Gasteiger partial charge in [0.25, 0.3) is 0 Å². The van der Waals surface area contributed by atoms with Crippen molar-refractivity contribution in [2.45, 2.75) is 37.6 Å². The first-order valence-corrected chi connectivity index (χ1v) is 12.3. The summed E-state index contributed by atoms with van der Waals surface area (Å²) in [6, 6.07) is 10.4. The minimum absolute atomic E-state index is 0.0335. The molecule has 4 unspecified atom stereocenters. The Labute approximate surface area is 211 Å². The van der Waals surface area contributed by atoms with Crippen LogP contribution in [0, 0.1) is 29.1 Å². The Balaban J connectivity index is 1.02. The number of imidazole rings is 1. The van der Waals surface area contributed by atoms with Crippen molar-refractivity contribution in [2.75, 3.05) is 13.2 Å². The van der Waals surface area contributed by atoms with Crippen LogP contribution in [0.5, 0.6) is 0 Å². The van der Waals surface area contributed by atoms with E-state index in [2.05, 4.69) is 22.1 Å². The van der Waals surface area contributed by atoms with E-state index in [1.807, 2.05) is 17.0 Å². The number of piperidine rings is 1. The molecule has 0 radical (unpaired) electrons. The number of ether oxygens (including phenoxy) is 1. The molecule has 3 aliphatic rings. The molecular formula is C27H24F3N5O2. The molecule has 2 saturated carbocycles. The average Bonchev–Trinajstić information content (AvgIpc) is 3.30. The van der Waals surface area contributed by atoms with E-state index in [1.54, 1.807) is 24.4 Å².